The number of H-pyrrole nitrogens is 1. The van der Waals surface area contributed by atoms with E-state index in [9.17, 15) is 9.00 Å². The molecule has 0 spiro atoms. The fraction of sp³-hybridized carbons (Fsp3) is 0.300. The van der Waals surface area contributed by atoms with Crippen LogP contribution in [0, 0.1) is 0 Å². The third-order valence-corrected chi connectivity index (χ3v) is 3.99. The van der Waals surface area contributed by atoms with Gasteiger partial charge < -0.3 is 0 Å². The van der Waals surface area contributed by atoms with Crippen molar-refractivity contribution in [3.63, 3.8) is 0 Å². The van der Waals surface area contributed by atoms with Gasteiger partial charge in [0.15, 0.2) is 0 Å². The molecule has 9 nitrogen and oxygen atoms in total. The molecule has 1 amide bonds. The van der Waals surface area contributed by atoms with Gasteiger partial charge in [-0.3, -0.25) is 15.0 Å². The average Bonchev–Trinajstić information content (AvgIpc) is 2.98. The van der Waals surface area contributed by atoms with E-state index in [-0.39, 0.29) is 10.9 Å². The third kappa shape index (κ3) is 2.13. The van der Waals surface area contributed by atoms with E-state index in [1.807, 2.05) is 19.9 Å². The monoisotopic (exact) mass is 293 g/mol. The molecule has 1 atom stereocenters. The fourth-order valence-electron chi connectivity index (χ4n) is 1.70. The third-order valence-electron chi connectivity index (χ3n) is 2.66. The first-order valence-corrected chi connectivity index (χ1v) is 6.87. The van der Waals surface area contributed by atoms with Crippen molar-refractivity contribution < 1.29 is 9.00 Å². The molecule has 0 radical (unpaired) electrons. The van der Waals surface area contributed by atoms with Gasteiger partial charge in [-0.1, -0.05) is 5.10 Å². The van der Waals surface area contributed by atoms with Crippen LogP contribution in [-0.2, 0) is 15.6 Å². The standard InChI is InChI=1S/C10H11N7O2S/c1-10(2)3-4-17-5-6(20(19)9(17)12-10)7(18)11-8-13-15-16-14-8/h3-5H,1-2H3,(H2,11,13,14,15,16,18). The number of hydrogen-bond acceptors (Lipinski definition) is 7. The summed E-state index contributed by atoms with van der Waals surface area (Å²) in [4.78, 5) is 18.1. The lowest BCUT2D eigenvalue weighted by atomic mass is 10.1. The van der Waals surface area contributed by atoms with Crippen LogP contribution >= 0.6 is 0 Å². The molecule has 104 valence electrons. The van der Waals surface area contributed by atoms with Gasteiger partial charge in [-0.15, -0.1) is 5.10 Å². The molecule has 0 aromatic carbocycles. The Hall–Kier alpha value is -2.36. The number of aromatic nitrogens is 4. The number of hydrogen-bond donors (Lipinski definition) is 2. The molecule has 0 fully saturated rings. The van der Waals surface area contributed by atoms with Crippen LogP contribution in [0.4, 0.5) is 5.95 Å². The fourth-order valence-corrected chi connectivity index (χ4v) is 2.95. The molecule has 0 aliphatic carbocycles. The molecule has 3 heterocycles. The van der Waals surface area contributed by atoms with Crippen molar-refractivity contribution in [1.82, 2.24) is 25.5 Å². The predicted octanol–water partition coefficient (Wildman–Crippen LogP) is -0.294. The van der Waals surface area contributed by atoms with E-state index in [4.69, 9.17) is 0 Å². The zero-order chi connectivity index (χ0) is 14.3. The quantitative estimate of drug-likeness (QED) is 0.773. The van der Waals surface area contributed by atoms with E-state index < -0.39 is 22.2 Å². The molecule has 10 heteroatoms. The zero-order valence-corrected chi connectivity index (χ0v) is 11.5. The highest BCUT2D eigenvalue weighted by Gasteiger charge is 2.35. The number of rotatable bonds is 2. The maximum atomic E-state index is 12.3. The number of fused-ring (bicyclic) bond motifs is 1. The number of nitrogens with zero attached hydrogens (tertiary/aromatic N) is 5. The molecule has 0 saturated heterocycles. The minimum Gasteiger partial charge on any atom is -0.300 e. The van der Waals surface area contributed by atoms with Gasteiger partial charge in [0.25, 0.3) is 11.9 Å². The molecule has 20 heavy (non-hydrogen) atoms. The highest BCUT2D eigenvalue weighted by atomic mass is 32.2. The minimum absolute atomic E-state index is 0.0237. The molecule has 2 aliphatic rings. The van der Waals surface area contributed by atoms with Crippen LogP contribution in [0.5, 0.6) is 0 Å². The topological polar surface area (TPSA) is 116 Å². The SMILES string of the molecule is CC1(C)C=CN2C=C(C(=O)Nc3nn[nH]n3)S(=O)C2=N1. The van der Waals surface area contributed by atoms with E-state index >= 15 is 0 Å². The number of aliphatic imine (C=N–C) groups is 1. The van der Waals surface area contributed by atoms with Crippen LogP contribution in [0.2, 0.25) is 0 Å². The Morgan fingerprint density at radius 2 is 2.30 bits per heavy atom. The number of tetrazole rings is 1. The van der Waals surface area contributed by atoms with Crippen LogP contribution in [0.15, 0.2) is 28.4 Å². The summed E-state index contributed by atoms with van der Waals surface area (Å²) in [6.07, 6.45) is 5.09. The first-order valence-electron chi connectivity index (χ1n) is 5.72. The first-order chi connectivity index (χ1) is 9.46. The summed E-state index contributed by atoms with van der Waals surface area (Å²) in [6, 6.07) is 0. The zero-order valence-electron chi connectivity index (χ0n) is 10.7. The lowest BCUT2D eigenvalue weighted by Gasteiger charge is -2.24. The van der Waals surface area contributed by atoms with Crippen molar-refractivity contribution >= 4 is 27.8 Å². The molecule has 1 aromatic rings. The second kappa shape index (κ2) is 4.34. The summed E-state index contributed by atoms with van der Waals surface area (Å²) in [6.45, 7) is 3.78. The van der Waals surface area contributed by atoms with Crippen molar-refractivity contribution in [2.75, 3.05) is 5.32 Å². The van der Waals surface area contributed by atoms with Crippen LogP contribution in [0.25, 0.3) is 0 Å². The van der Waals surface area contributed by atoms with Crippen molar-refractivity contribution in [2.24, 2.45) is 4.99 Å². The van der Waals surface area contributed by atoms with Crippen LogP contribution < -0.4 is 5.32 Å². The lowest BCUT2D eigenvalue weighted by Crippen LogP contribution is -2.30. The van der Waals surface area contributed by atoms with E-state index in [1.165, 1.54) is 6.20 Å². The Morgan fingerprint density at radius 1 is 1.50 bits per heavy atom. The van der Waals surface area contributed by atoms with Gasteiger partial charge in [-0.05, 0) is 25.1 Å². The maximum Gasteiger partial charge on any atom is 0.270 e. The number of carbonyl (C=O) groups excluding carboxylic acids is 1. The second-order valence-corrected chi connectivity index (χ2v) is 6.07. The smallest absolute Gasteiger partial charge is 0.270 e. The highest BCUT2D eigenvalue weighted by Crippen LogP contribution is 2.27. The van der Waals surface area contributed by atoms with Gasteiger partial charge in [-0.2, -0.15) is 5.21 Å². The van der Waals surface area contributed by atoms with Crippen molar-refractivity contribution in [1.29, 1.82) is 0 Å². The van der Waals surface area contributed by atoms with Gasteiger partial charge in [0.1, 0.15) is 15.7 Å². The number of anilines is 1. The Balaban J connectivity index is 1.84. The van der Waals surface area contributed by atoms with Gasteiger partial charge >= 0.3 is 0 Å². The molecule has 1 aromatic heterocycles. The van der Waals surface area contributed by atoms with Crippen molar-refractivity contribution in [2.45, 2.75) is 19.4 Å². The predicted molar refractivity (Wildman–Crippen MR) is 71.5 cm³/mol. The van der Waals surface area contributed by atoms with Crippen molar-refractivity contribution in [3.05, 3.63) is 23.4 Å². The number of amidine groups is 1. The summed E-state index contributed by atoms with van der Waals surface area (Å²) in [5.41, 5.74) is -0.436. The largest absolute Gasteiger partial charge is 0.300 e. The summed E-state index contributed by atoms with van der Waals surface area (Å²) in [5.74, 6) is -0.524. The molecule has 1 unspecified atom stereocenters. The summed E-state index contributed by atoms with van der Waals surface area (Å²) >= 11 is 0. The Labute approximate surface area is 116 Å². The first kappa shape index (κ1) is 12.7. The van der Waals surface area contributed by atoms with Crippen LogP contribution in [0.3, 0.4) is 0 Å². The molecule has 0 bridgehead atoms. The van der Waals surface area contributed by atoms with Gasteiger partial charge in [0.05, 0.1) is 5.54 Å². The summed E-state index contributed by atoms with van der Waals surface area (Å²) in [5, 5.41) is 15.5. The Bertz CT molecular complexity index is 674. The van der Waals surface area contributed by atoms with E-state index in [1.54, 1.807) is 11.1 Å². The summed E-state index contributed by atoms with van der Waals surface area (Å²) < 4.78 is 12.3. The van der Waals surface area contributed by atoms with E-state index in [2.05, 4.69) is 30.9 Å². The summed E-state index contributed by atoms with van der Waals surface area (Å²) in [7, 11) is -1.63. The minimum atomic E-state index is -1.63. The number of carbonyl (C=O) groups is 1. The van der Waals surface area contributed by atoms with Gasteiger partial charge in [0, 0.05) is 12.4 Å². The molecular weight excluding hydrogens is 282 g/mol. The average molecular weight is 293 g/mol. The second-order valence-electron chi connectivity index (χ2n) is 4.72. The normalized spacial score (nSPS) is 23.1. The Kier molecular flexibility index (Phi) is 2.74. The Morgan fingerprint density at radius 3 is 3.00 bits per heavy atom. The molecule has 2 aliphatic heterocycles. The number of amides is 1. The number of aromatic amines is 1. The molecule has 2 N–H and O–H groups in total. The van der Waals surface area contributed by atoms with Gasteiger partial charge in [-0.25, -0.2) is 9.20 Å². The van der Waals surface area contributed by atoms with Gasteiger partial charge in [0.2, 0.25) is 5.17 Å². The highest BCUT2D eigenvalue weighted by molar-refractivity contribution is 8.05. The lowest BCUT2D eigenvalue weighted by molar-refractivity contribution is -0.112. The van der Waals surface area contributed by atoms with E-state index in [0.717, 1.165) is 0 Å². The van der Waals surface area contributed by atoms with Crippen LogP contribution in [0.1, 0.15) is 13.8 Å². The van der Waals surface area contributed by atoms with Crippen LogP contribution in [-0.4, -0.2) is 46.3 Å². The molecule has 3 rings (SSSR count). The maximum absolute atomic E-state index is 12.3. The van der Waals surface area contributed by atoms with Crippen molar-refractivity contribution in [3.8, 4) is 0 Å². The van der Waals surface area contributed by atoms with E-state index in [0.29, 0.717) is 5.17 Å². The molecular formula is C10H11N7O2S. The number of nitrogens with one attached hydrogen (secondary N) is 2. The molecule has 0 saturated carbocycles.